The number of amides is 1. The van der Waals surface area contributed by atoms with Crippen LogP contribution in [0.5, 0.6) is 0 Å². The number of likely N-dealkylation sites (tertiary alicyclic amines) is 1. The Hall–Kier alpha value is -0.610. The fraction of sp³-hybridized carbons (Fsp3) is 0.889. The van der Waals surface area contributed by atoms with Gasteiger partial charge >= 0.3 is 0 Å². The molecule has 0 aromatic heterocycles. The number of nitrogens with zero attached hydrogens (tertiary/aromatic N) is 1. The van der Waals surface area contributed by atoms with Gasteiger partial charge in [-0.3, -0.25) is 4.79 Å². The molecule has 1 aliphatic heterocycles. The molecule has 4 heteroatoms. The second-order valence-corrected chi connectivity index (χ2v) is 3.65. The van der Waals surface area contributed by atoms with Gasteiger partial charge in [-0.25, -0.2) is 0 Å². The Kier molecular flexibility index (Phi) is 3.69. The minimum absolute atomic E-state index is 0.0368. The third kappa shape index (κ3) is 2.97. The highest BCUT2D eigenvalue weighted by molar-refractivity contribution is 5.77. The van der Waals surface area contributed by atoms with Gasteiger partial charge in [0.15, 0.2) is 0 Å². The first kappa shape index (κ1) is 10.5. The van der Waals surface area contributed by atoms with Gasteiger partial charge in [-0.1, -0.05) is 6.92 Å². The molecule has 13 heavy (non-hydrogen) atoms. The third-order valence-electron chi connectivity index (χ3n) is 2.48. The molecule has 2 atom stereocenters. The van der Waals surface area contributed by atoms with Crippen LogP contribution in [0.25, 0.3) is 0 Å². The topological polar surface area (TPSA) is 66.6 Å². The summed E-state index contributed by atoms with van der Waals surface area (Å²) in [5, 5.41) is 9.21. The van der Waals surface area contributed by atoms with Crippen LogP contribution in [0.1, 0.15) is 26.2 Å². The number of carbonyl (C=O) groups is 1. The molecule has 1 amide bonds. The molecule has 0 bridgehead atoms. The van der Waals surface area contributed by atoms with E-state index in [1.54, 1.807) is 4.90 Å². The Bertz CT molecular complexity index is 184. The molecule has 3 N–H and O–H groups in total. The van der Waals surface area contributed by atoms with E-state index in [1.165, 1.54) is 0 Å². The van der Waals surface area contributed by atoms with Crippen LogP contribution in [0.3, 0.4) is 0 Å². The van der Waals surface area contributed by atoms with Crippen molar-refractivity contribution in [3.05, 3.63) is 0 Å². The van der Waals surface area contributed by atoms with E-state index in [0.717, 1.165) is 6.42 Å². The van der Waals surface area contributed by atoms with E-state index in [2.05, 4.69) is 0 Å². The van der Waals surface area contributed by atoms with Crippen molar-refractivity contribution in [2.75, 3.05) is 13.1 Å². The van der Waals surface area contributed by atoms with Gasteiger partial charge in [-0.05, 0) is 12.8 Å². The normalized spacial score (nSPS) is 24.8. The zero-order valence-electron chi connectivity index (χ0n) is 8.07. The first-order chi connectivity index (χ1) is 6.13. The lowest BCUT2D eigenvalue weighted by Crippen LogP contribution is -2.34. The molecule has 0 radical (unpaired) electrons. The quantitative estimate of drug-likeness (QED) is 0.636. The van der Waals surface area contributed by atoms with Crippen molar-refractivity contribution in [2.24, 2.45) is 5.73 Å². The van der Waals surface area contributed by atoms with Crippen LogP contribution in [-0.2, 0) is 4.79 Å². The zero-order valence-corrected chi connectivity index (χ0v) is 8.07. The Morgan fingerprint density at radius 1 is 1.77 bits per heavy atom. The largest absolute Gasteiger partial charge is 0.391 e. The predicted octanol–water partition coefficient (Wildman–Crippen LogP) is -0.293. The number of nitrogens with two attached hydrogens (primary N) is 1. The number of aliphatic hydroxyl groups is 1. The maximum Gasteiger partial charge on any atom is 0.224 e. The molecule has 1 rings (SSSR count). The standard InChI is InChI=1S/C9H18N2O2/c1-2-7(10)5-9(13)11-4-3-8(12)6-11/h7-8,12H,2-6,10H2,1H3/t7?,8-/m0/s1. The lowest BCUT2D eigenvalue weighted by Gasteiger charge is -2.17. The Balaban J connectivity index is 2.31. The van der Waals surface area contributed by atoms with Crippen LogP contribution >= 0.6 is 0 Å². The van der Waals surface area contributed by atoms with Crippen molar-refractivity contribution in [3.63, 3.8) is 0 Å². The molecule has 0 aromatic carbocycles. The van der Waals surface area contributed by atoms with Crippen LogP contribution in [0.15, 0.2) is 0 Å². The highest BCUT2D eigenvalue weighted by Gasteiger charge is 2.24. The Morgan fingerprint density at radius 2 is 2.46 bits per heavy atom. The highest BCUT2D eigenvalue weighted by Crippen LogP contribution is 2.10. The van der Waals surface area contributed by atoms with Gasteiger partial charge in [0, 0.05) is 25.6 Å². The minimum atomic E-state index is -0.332. The Morgan fingerprint density at radius 3 is 2.92 bits per heavy atom. The molecule has 1 fully saturated rings. The van der Waals surface area contributed by atoms with E-state index < -0.39 is 0 Å². The van der Waals surface area contributed by atoms with Crippen molar-refractivity contribution in [1.29, 1.82) is 0 Å². The zero-order chi connectivity index (χ0) is 9.84. The summed E-state index contributed by atoms with van der Waals surface area (Å²) < 4.78 is 0. The number of hydrogen-bond donors (Lipinski definition) is 2. The molecule has 1 heterocycles. The van der Waals surface area contributed by atoms with E-state index in [4.69, 9.17) is 5.73 Å². The maximum atomic E-state index is 11.5. The van der Waals surface area contributed by atoms with Crippen molar-refractivity contribution in [3.8, 4) is 0 Å². The highest BCUT2D eigenvalue weighted by atomic mass is 16.3. The first-order valence-corrected chi connectivity index (χ1v) is 4.85. The fourth-order valence-electron chi connectivity index (χ4n) is 1.47. The van der Waals surface area contributed by atoms with E-state index in [0.29, 0.717) is 25.9 Å². The second-order valence-electron chi connectivity index (χ2n) is 3.65. The van der Waals surface area contributed by atoms with Gasteiger partial charge < -0.3 is 15.7 Å². The molecule has 0 saturated carbocycles. The lowest BCUT2D eigenvalue weighted by molar-refractivity contribution is -0.130. The smallest absolute Gasteiger partial charge is 0.224 e. The first-order valence-electron chi connectivity index (χ1n) is 4.85. The summed E-state index contributed by atoms with van der Waals surface area (Å²) in [7, 11) is 0. The molecule has 76 valence electrons. The summed E-state index contributed by atoms with van der Waals surface area (Å²) in [5.74, 6) is 0.0749. The molecular weight excluding hydrogens is 168 g/mol. The SMILES string of the molecule is CCC(N)CC(=O)N1CC[C@H](O)C1. The van der Waals surface area contributed by atoms with E-state index >= 15 is 0 Å². The minimum Gasteiger partial charge on any atom is -0.391 e. The van der Waals surface area contributed by atoms with Crippen LogP contribution < -0.4 is 5.73 Å². The van der Waals surface area contributed by atoms with E-state index in [9.17, 15) is 9.90 Å². The molecule has 1 aliphatic rings. The van der Waals surface area contributed by atoms with Crippen molar-refractivity contribution in [1.82, 2.24) is 4.90 Å². The van der Waals surface area contributed by atoms with Crippen LogP contribution in [0, 0.1) is 0 Å². The molecule has 0 aromatic rings. The van der Waals surface area contributed by atoms with Gasteiger partial charge in [0.05, 0.1) is 6.10 Å². The fourth-order valence-corrected chi connectivity index (χ4v) is 1.47. The van der Waals surface area contributed by atoms with Crippen LogP contribution in [0.2, 0.25) is 0 Å². The van der Waals surface area contributed by atoms with Crippen molar-refractivity contribution >= 4 is 5.91 Å². The molecule has 1 unspecified atom stereocenters. The Labute approximate surface area is 78.7 Å². The van der Waals surface area contributed by atoms with E-state index in [-0.39, 0.29) is 18.1 Å². The van der Waals surface area contributed by atoms with Crippen LogP contribution in [0.4, 0.5) is 0 Å². The monoisotopic (exact) mass is 186 g/mol. The lowest BCUT2D eigenvalue weighted by atomic mass is 10.1. The molecular formula is C9H18N2O2. The number of hydrogen-bond acceptors (Lipinski definition) is 3. The van der Waals surface area contributed by atoms with Crippen molar-refractivity contribution in [2.45, 2.75) is 38.3 Å². The van der Waals surface area contributed by atoms with Crippen molar-refractivity contribution < 1.29 is 9.90 Å². The van der Waals surface area contributed by atoms with Gasteiger partial charge in [-0.15, -0.1) is 0 Å². The summed E-state index contributed by atoms with van der Waals surface area (Å²) in [6.45, 7) is 3.13. The molecule has 0 aliphatic carbocycles. The summed E-state index contributed by atoms with van der Waals surface area (Å²) in [6, 6.07) is -0.0368. The number of aliphatic hydroxyl groups excluding tert-OH is 1. The van der Waals surface area contributed by atoms with Gasteiger partial charge in [-0.2, -0.15) is 0 Å². The summed E-state index contributed by atoms with van der Waals surface area (Å²) in [6.07, 6.45) is 1.60. The second kappa shape index (κ2) is 4.58. The summed E-state index contributed by atoms with van der Waals surface area (Å²) >= 11 is 0. The van der Waals surface area contributed by atoms with Gasteiger partial charge in [0.2, 0.25) is 5.91 Å². The average Bonchev–Trinajstić information content (AvgIpc) is 2.51. The number of rotatable bonds is 3. The predicted molar refractivity (Wildman–Crippen MR) is 50.1 cm³/mol. The summed E-state index contributed by atoms with van der Waals surface area (Å²) in [5.41, 5.74) is 5.67. The maximum absolute atomic E-state index is 11.5. The van der Waals surface area contributed by atoms with Crippen LogP contribution in [-0.4, -0.2) is 41.1 Å². The number of β-amino-alcohol motifs (C(OH)–C–C–N with tert-alkyl or cyclic N) is 1. The van der Waals surface area contributed by atoms with E-state index in [1.807, 2.05) is 6.92 Å². The van der Waals surface area contributed by atoms with Gasteiger partial charge in [0.1, 0.15) is 0 Å². The molecule has 1 saturated heterocycles. The number of carbonyl (C=O) groups excluding carboxylic acids is 1. The molecule has 4 nitrogen and oxygen atoms in total. The average molecular weight is 186 g/mol. The molecule has 0 spiro atoms. The summed E-state index contributed by atoms with van der Waals surface area (Å²) in [4.78, 5) is 13.2. The van der Waals surface area contributed by atoms with Gasteiger partial charge in [0.25, 0.3) is 0 Å². The third-order valence-corrected chi connectivity index (χ3v) is 2.48.